The van der Waals surface area contributed by atoms with Gasteiger partial charge in [-0.2, -0.15) is 0 Å². The van der Waals surface area contributed by atoms with Crippen LogP contribution in [0.4, 0.5) is 10.3 Å². The van der Waals surface area contributed by atoms with Gasteiger partial charge in [-0.15, -0.1) is 0 Å². The van der Waals surface area contributed by atoms with Gasteiger partial charge in [0, 0.05) is 31.4 Å². The van der Waals surface area contributed by atoms with E-state index >= 15 is 4.39 Å². The Kier molecular flexibility index (Phi) is 7.33. The van der Waals surface area contributed by atoms with Crippen molar-refractivity contribution in [2.75, 3.05) is 25.1 Å². The summed E-state index contributed by atoms with van der Waals surface area (Å²) in [6.07, 6.45) is 3.05. The number of ether oxygens (including phenoxy) is 2. The van der Waals surface area contributed by atoms with Crippen molar-refractivity contribution in [3.05, 3.63) is 40.3 Å². The highest BCUT2D eigenvalue weighted by molar-refractivity contribution is 6.33. The number of benzene rings is 1. The Morgan fingerprint density at radius 3 is 2.76 bits per heavy atom. The molecule has 182 valence electrons. The molecule has 2 aliphatic rings. The van der Waals surface area contributed by atoms with Crippen molar-refractivity contribution in [3.63, 3.8) is 0 Å². The van der Waals surface area contributed by atoms with Gasteiger partial charge >= 0.3 is 5.97 Å². The third-order valence-corrected chi connectivity index (χ3v) is 6.24. The number of aromatic nitrogens is 2. The lowest BCUT2D eigenvalue weighted by molar-refractivity contribution is -0.149. The quantitative estimate of drug-likeness (QED) is 0.584. The van der Waals surface area contributed by atoms with Gasteiger partial charge in [0.15, 0.2) is 0 Å². The van der Waals surface area contributed by atoms with E-state index in [-0.39, 0.29) is 47.0 Å². The van der Waals surface area contributed by atoms with Gasteiger partial charge < -0.3 is 19.7 Å². The SMILES string of the molecule is CC(C)COC(=O)[C@@H](C)N1Cc2ccc(-c3nc(NC4CCOCC4)ncc3Cl)c(F)c2C1=O. The summed E-state index contributed by atoms with van der Waals surface area (Å²) in [5.41, 5.74) is 0.726. The average Bonchev–Trinajstić information content (AvgIpc) is 3.16. The van der Waals surface area contributed by atoms with Crippen LogP contribution < -0.4 is 5.32 Å². The first kappa shape index (κ1) is 24.3. The number of hydrogen-bond donors (Lipinski definition) is 1. The molecule has 10 heteroatoms. The van der Waals surface area contributed by atoms with E-state index in [4.69, 9.17) is 21.1 Å². The third kappa shape index (κ3) is 5.00. The van der Waals surface area contributed by atoms with Crippen LogP contribution >= 0.6 is 11.6 Å². The largest absolute Gasteiger partial charge is 0.464 e. The van der Waals surface area contributed by atoms with E-state index in [1.807, 2.05) is 13.8 Å². The molecule has 0 radical (unpaired) electrons. The second kappa shape index (κ2) is 10.2. The van der Waals surface area contributed by atoms with Gasteiger partial charge in [-0.1, -0.05) is 31.5 Å². The molecule has 0 bridgehead atoms. The maximum atomic E-state index is 15.7. The number of amides is 1. The summed E-state index contributed by atoms with van der Waals surface area (Å²) in [4.78, 5) is 35.5. The zero-order valence-corrected chi connectivity index (χ0v) is 20.2. The van der Waals surface area contributed by atoms with Crippen LogP contribution in [0.5, 0.6) is 0 Å². The van der Waals surface area contributed by atoms with Crippen molar-refractivity contribution in [2.45, 2.75) is 52.2 Å². The van der Waals surface area contributed by atoms with Crippen LogP contribution in [-0.4, -0.2) is 58.6 Å². The monoisotopic (exact) mass is 490 g/mol. The number of esters is 1. The molecule has 2 aromatic rings. The molecule has 0 saturated carbocycles. The molecule has 8 nitrogen and oxygen atoms in total. The molecule has 4 rings (SSSR count). The molecule has 0 aliphatic carbocycles. The molecule has 2 aliphatic heterocycles. The zero-order chi connectivity index (χ0) is 24.4. The van der Waals surface area contributed by atoms with Gasteiger partial charge in [0.2, 0.25) is 5.95 Å². The van der Waals surface area contributed by atoms with Crippen LogP contribution in [0.1, 0.15) is 49.5 Å². The molecule has 0 spiro atoms. The Morgan fingerprint density at radius 2 is 2.06 bits per heavy atom. The van der Waals surface area contributed by atoms with Crippen LogP contribution in [0, 0.1) is 11.7 Å². The number of carbonyl (C=O) groups excluding carboxylic acids is 2. The van der Waals surface area contributed by atoms with Gasteiger partial charge in [-0.25, -0.2) is 19.2 Å². The van der Waals surface area contributed by atoms with Gasteiger partial charge in [0.25, 0.3) is 5.91 Å². The van der Waals surface area contributed by atoms with Crippen LogP contribution in [0.25, 0.3) is 11.3 Å². The normalized spacial score (nSPS) is 17.1. The number of carbonyl (C=O) groups is 2. The first-order valence-electron chi connectivity index (χ1n) is 11.4. The highest BCUT2D eigenvalue weighted by Crippen LogP contribution is 2.35. The molecule has 1 aromatic carbocycles. The van der Waals surface area contributed by atoms with Crippen LogP contribution in [0.15, 0.2) is 18.3 Å². The summed E-state index contributed by atoms with van der Waals surface area (Å²) < 4.78 is 26.3. The van der Waals surface area contributed by atoms with Crippen molar-refractivity contribution in [3.8, 4) is 11.3 Å². The van der Waals surface area contributed by atoms with Crippen molar-refractivity contribution >= 4 is 29.4 Å². The van der Waals surface area contributed by atoms with E-state index < -0.39 is 23.7 Å². The number of halogens is 2. The Balaban J connectivity index is 1.58. The zero-order valence-electron chi connectivity index (χ0n) is 19.4. The van der Waals surface area contributed by atoms with Gasteiger partial charge in [-0.3, -0.25) is 4.79 Å². The lowest BCUT2D eigenvalue weighted by Crippen LogP contribution is -2.40. The topological polar surface area (TPSA) is 93.7 Å². The van der Waals surface area contributed by atoms with Crippen molar-refractivity contribution in [1.82, 2.24) is 14.9 Å². The molecule has 34 heavy (non-hydrogen) atoms. The smallest absolute Gasteiger partial charge is 0.328 e. The first-order valence-corrected chi connectivity index (χ1v) is 11.8. The van der Waals surface area contributed by atoms with E-state index in [0.717, 1.165) is 12.8 Å². The molecular weight excluding hydrogens is 463 g/mol. The molecule has 1 atom stereocenters. The minimum absolute atomic E-state index is 0.0744. The predicted octanol–water partition coefficient (Wildman–Crippen LogP) is 4.07. The maximum Gasteiger partial charge on any atom is 0.328 e. The summed E-state index contributed by atoms with van der Waals surface area (Å²) in [7, 11) is 0. The Bertz CT molecular complexity index is 1090. The molecule has 1 saturated heterocycles. The van der Waals surface area contributed by atoms with Crippen molar-refractivity contribution in [2.24, 2.45) is 5.92 Å². The molecule has 1 aromatic heterocycles. The summed E-state index contributed by atoms with van der Waals surface area (Å²) in [5.74, 6) is -1.29. The fraction of sp³-hybridized carbons (Fsp3) is 0.500. The fourth-order valence-corrected chi connectivity index (χ4v) is 4.21. The van der Waals surface area contributed by atoms with Crippen LogP contribution in [-0.2, 0) is 20.8 Å². The van der Waals surface area contributed by atoms with Crippen LogP contribution in [0.2, 0.25) is 5.02 Å². The number of rotatable bonds is 7. The molecule has 3 heterocycles. The highest BCUT2D eigenvalue weighted by atomic mass is 35.5. The maximum absolute atomic E-state index is 15.7. The second-order valence-electron chi connectivity index (χ2n) is 9.02. The predicted molar refractivity (Wildman–Crippen MR) is 125 cm³/mol. The standard InChI is InChI=1S/C24H28ClFN4O4/c1-13(2)12-34-23(32)14(3)30-11-15-4-5-17(20(26)19(15)22(30)31)21-18(25)10-27-24(29-21)28-16-6-8-33-9-7-16/h4-5,10,13-14,16H,6-9,11-12H2,1-3H3,(H,27,28,29)/t14-/m1/s1. The van der Waals surface area contributed by atoms with E-state index in [1.54, 1.807) is 19.1 Å². The van der Waals surface area contributed by atoms with Gasteiger partial charge in [0.05, 0.1) is 29.1 Å². The number of nitrogens with zero attached hydrogens (tertiary/aromatic N) is 3. The molecular formula is C24H28ClFN4O4. The van der Waals surface area contributed by atoms with E-state index in [0.29, 0.717) is 24.7 Å². The Hall–Kier alpha value is -2.78. The Morgan fingerprint density at radius 1 is 1.32 bits per heavy atom. The van der Waals surface area contributed by atoms with Gasteiger partial charge in [-0.05, 0) is 37.3 Å². The fourth-order valence-electron chi connectivity index (χ4n) is 4.02. The number of nitrogens with one attached hydrogen (secondary N) is 1. The Labute approximate surface area is 202 Å². The molecule has 1 N–H and O–H groups in total. The number of hydrogen-bond acceptors (Lipinski definition) is 7. The summed E-state index contributed by atoms with van der Waals surface area (Å²) in [6.45, 7) is 7.12. The minimum Gasteiger partial charge on any atom is -0.464 e. The average molecular weight is 491 g/mol. The first-order chi connectivity index (χ1) is 16.3. The lowest BCUT2D eigenvalue weighted by atomic mass is 10.0. The summed E-state index contributed by atoms with van der Waals surface area (Å²) >= 11 is 6.32. The van der Waals surface area contributed by atoms with E-state index in [1.165, 1.54) is 11.1 Å². The number of anilines is 1. The third-order valence-electron chi connectivity index (χ3n) is 5.96. The molecule has 1 amide bonds. The highest BCUT2D eigenvalue weighted by Gasteiger charge is 2.38. The minimum atomic E-state index is -0.834. The summed E-state index contributed by atoms with van der Waals surface area (Å²) in [6, 6.07) is 2.54. The number of fused-ring (bicyclic) bond motifs is 1. The van der Waals surface area contributed by atoms with Gasteiger partial charge in [0.1, 0.15) is 11.9 Å². The van der Waals surface area contributed by atoms with E-state index in [9.17, 15) is 9.59 Å². The van der Waals surface area contributed by atoms with Crippen molar-refractivity contribution < 1.29 is 23.5 Å². The molecule has 1 fully saturated rings. The lowest BCUT2D eigenvalue weighted by Gasteiger charge is -2.23. The second-order valence-corrected chi connectivity index (χ2v) is 9.42. The summed E-state index contributed by atoms with van der Waals surface area (Å²) in [5, 5.41) is 3.41. The van der Waals surface area contributed by atoms with Crippen LogP contribution in [0.3, 0.4) is 0 Å². The van der Waals surface area contributed by atoms with Crippen molar-refractivity contribution in [1.29, 1.82) is 0 Å². The van der Waals surface area contributed by atoms with E-state index in [2.05, 4.69) is 15.3 Å². The molecule has 0 unspecified atom stereocenters.